The van der Waals surface area contributed by atoms with E-state index >= 15 is 0 Å². The fraction of sp³-hybridized carbons (Fsp3) is 0.794. The van der Waals surface area contributed by atoms with Crippen molar-refractivity contribution in [3.8, 4) is 0 Å². The number of likely N-dealkylation sites (tertiary alicyclic amines) is 1. The van der Waals surface area contributed by atoms with E-state index in [0.717, 1.165) is 25.7 Å². The van der Waals surface area contributed by atoms with Crippen molar-refractivity contribution in [1.82, 2.24) is 4.90 Å². The Kier molecular flexibility index (Phi) is 5.53. The molecule has 8 atom stereocenters. The van der Waals surface area contributed by atoms with Gasteiger partial charge < -0.3 is 4.79 Å². The van der Waals surface area contributed by atoms with Gasteiger partial charge in [0.2, 0.25) is 5.70 Å². The molecule has 206 valence electrons. The first-order chi connectivity index (χ1) is 17.7. The summed E-state index contributed by atoms with van der Waals surface area (Å²) in [5, 5.41) is 0. The second kappa shape index (κ2) is 7.93. The van der Waals surface area contributed by atoms with Gasteiger partial charge in [-0.25, -0.2) is 4.85 Å². The van der Waals surface area contributed by atoms with Crippen LogP contribution >= 0.6 is 0 Å². The van der Waals surface area contributed by atoms with E-state index in [2.05, 4.69) is 50.4 Å². The van der Waals surface area contributed by atoms with Crippen LogP contribution in [0.2, 0.25) is 0 Å². The molecule has 4 nitrogen and oxygen atoms in total. The van der Waals surface area contributed by atoms with E-state index in [1.807, 2.05) is 19.9 Å². The number of hydrogen-bond donors (Lipinski definition) is 0. The topological polar surface area (TPSA) is 41.7 Å². The molecule has 1 saturated heterocycles. The van der Waals surface area contributed by atoms with E-state index in [0.29, 0.717) is 11.7 Å². The van der Waals surface area contributed by atoms with Gasteiger partial charge in [-0.1, -0.05) is 53.2 Å². The Bertz CT molecular complexity index is 1200. The first-order valence-corrected chi connectivity index (χ1v) is 15.3. The highest BCUT2D eigenvalue weighted by Gasteiger charge is 2.69. The molecular formula is C34H48N2O2. The summed E-state index contributed by atoms with van der Waals surface area (Å²) in [5.41, 5.74) is 0.668. The highest BCUT2D eigenvalue weighted by Crippen LogP contribution is 2.74. The second-order valence-corrected chi connectivity index (χ2v) is 15.9. The molecule has 0 spiro atoms. The Morgan fingerprint density at radius 1 is 0.921 bits per heavy atom. The SMILES string of the molecule is [C-]#[N+]C1=C[C@]2(C)C3=CC(=O)[C@@H]4[C@@H]5C[C@@](C)(N6CCCC6)CC[C@]5(C)CC[C@@]4(C)[C@]3(C)CC[C@H]2C(C)(C)C1=O. The average Bonchev–Trinajstić information content (AvgIpc) is 3.40. The molecule has 6 rings (SSSR count). The van der Waals surface area contributed by atoms with Gasteiger partial charge in [-0.05, 0) is 112 Å². The Balaban J connectivity index is 1.47. The summed E-state index contributed by atoms with van der Waals surface area (Å²) in [4.78, 5) is 34.2. The van der Waals surface area contributed by atoms with E-state index in [-0.39, 0.29) is 45.1 Å². The lowest BCUT2D eigenvalue weighted by Gasteiger charge is -2.69. The fourth-order valence-electron chi connectivity index (χ4n) is 11.2. The van der Waals surface area contributed by atoms with Crippen LogP contribution in [0.15, 0.2) is 23.4 Å². The van der Waals surface area contributed by atoms with Gasteiger partial charge in [0.15, 0.2) is 11.6 Å². The van der Waals surface area contributed by atoms with Gasteiger partial charge in [0.1, 0.15) is 0 Å². The molecule has 38 heavy (non-hydrogen) atoms. The summed E-state index contributed by atoms with van der Waals surface area (Å²) in [6.07, 6.45) is 14.5. The molecule has 0 N–H and O–H groups in total. The van der Waals surface area contributed by atoms with Gasteiger partial charge in [-0.3, -0.25) is 9.69 Å². The zero-order valence-electron chi connectivity index (χ0n) is 24.9. The normalized spacial score (nSPS) is 50.1. The summed E-state index contributed by atoms with van der Waals surface area (Å²) in [6.45, 7) is 26.4. The lowest BCUT2D eigenvalue weighted by molar-refractivity contribution is -0.170. The number of allylic oxidation sites excluding steroid dienone is 4. The third-order valence-electron chi connectivity index (χ3n) is 13.9. The minimum absolute atomic E-state index is 0.0257. The van der Waals surface area contributed by atoms with Crippen molar-refractivity contribution in [3.63, 3.8) is 0 Å². The smallest absolute Gasteiger partial charge is 0.226 e. The Labute approximate surface area is 230 Å². The molecule has 5 aliphatic carbocycles. The lowest BCUT2D eigenvalue weighted by atomic mass is 9.34. The van der Waals surface area contributed by atoms with Gasteiger partial charge in [0.05, 0.1) is 6.57 Å². The largest absolute Gasteiger partial charge is 0.307 e. The van der Waals surface area contributed by atoms with Crippen molar-refractivity contribution in [2.75, 3.05) is 13.1 Å². The van der Waals surface area contributed by atoms with Gasteiger partial charge >= 0.3 is 0 Å². The van der Waals surface area contributed by atoms with Crippen LogP contribution in [0, 0.1) is 51.4 Å². The first kappa shape index (κ1) is 26.5. The van der Waals surface area contributed by atoms with Gasteiger partial charge in [-0.15, -0.1) is 0 Å². The van der Waals surface area contributed by atoms with Crippen molar-refractivity contribution in [1.29, 1.82) is 0 Å². The van der Waals surface area contributed by atoms with Crippen molar-refractivity contribution in [2.24, 2.45) is 44.8 Å². The van der Waals surface area contributed by atoms with Crippen LogP contribution in [-0.4, -0.2) is 35.1 Å². The van der Waals surface area contributed by atoms with Gasteiger partial charge in [0.25, 0.3) is 0 Å². The van der Waals surface area contributed by atoms with Crippen molar-refractivity contribution in [3.05, 3.63) is 34.8 Å². The number of hydrogen-bond acceptors (Lipinski definition) is 3. The lowest BCUT2D eigenvalue weighted by Crippen LogP contribution is -2.65. The predicted octanol–water partition coefficient (Wildman–Crippen LogP) is 7.41. The molecule has 0 bridgehead atoms. The quantitative estimate of drug-likeness (QED) is 0.341. The van der Waals surface area contributed by atoms with Crippen LogP contribution in [0.1, 0.15) is 106 Å². The predicted molar refractivity (Wildman–Crippen MR) is 151 cm³/mol. The second-order valence-electron chi connectivity index (χ2n) is 15.9. The minimum Gasteiger partial charge on any atom is -0.307 e. The maximum atomic E-state index is 14.5. The number of Topliss-reactive ketones (excluding diaryl/α,β-unsaturated/α-hetero) is 1. The molecule has 0 radical (unpaired) electrons. The zero-order chi connectivity index (χ0) is 27.5. The van der Waals surface area contributed by atoms with Gasteiger partial charge in [0, 0.05) is 22.3 Å². The number of fused-ring (bicyclic) bond motifs is 7. The Morgan fingerprint density at radius 2 is 1.58 bits per heavy atom. The number of carbonyl (C=O) groups is 2. The highest BCUT2D eigenvalue weighted by molar-refractivity contribution is 6.03. The molecule has 1 aliphatic heterocycles. The van der Waals surface area contributed by atoms with Crippen LogP contribution in [0.4, 0.5) is 0 Å². The average molecular weight is 517 g/mol. The Hall–Kier alpha value is -1.73. The maximum absolute atomic E-state index is 14.5. The zero-order valence-corrected chi connectivity index (χ0v) is 24.9. The molecule has 6 aliphatic rings. The van der Waals surface area contributed by atoms with Crippen LogP contribution in [0.5, 0.6) is 0 Å². The van der Waals surface area contributed by atoms with Crippen LogP contribution in [0.25, 0.3) is 4.85 Å². The van der Waals surface area contributed by atoms with Crippen LogP contribution in [0.3, 0.4) is 0 Å². The molecule has 0 aromatic heterocycles. The molecule has 1 heterocycles. The number of nitrogens with zero attached hydrogens (tertiary/aromatic N) is 2. The molecule has 0 amide bonds. The van der Waals surface area contributed by atoms with Crippen molar-refractivity contribution < 1.29 is 9.59 Å². The van der Waals surface area contributed by atoms with Gasteiger partial charge in [-0.2, -0.15) is 0 Å². The van der Waals surface area contributed by atoms with Crippen molar-refractivity contribution in [2.45, 2.75) is 112 Å². The Morgan fingerprint density at radius 3 is 2.24 bits per heavy atom. The summed E-state index contributed by atoms with van der Waals surface area (Å²) in [5.74, 6) is 0.882. The number of rotatable bonds is 1. The van der Waals surface area contributed by atoms with E-state index in [1.54, 1.807) is 0 Å². The van der Waals surface area contributed by atoms with E-state index in [9.17, 15) is 9.59 Å². The summed E-state index contributed by atoms with van der Waals surface area (Å²) < 4.78 is 0. The van der Waals surface area contributed by atoms with E-state index < -0.39 is 10.8 Å². The van der Waals surface area contributed by atoms with Crippen molar-refractivity contribution >= 4 is 11.6 Å². The third kappa shape index (κ3) is 3.12. The molecule has 4 fully saturated rings. The number of carbonyl (C=O) groups excluding carboxylic acids is 2. The molecule has 0 unspecified atom stereocenters. The molecule has 4 heteroatoms. The standard InChI is InChI=1S/C34H48N2O2/c1-29(2)25-11-12-33(6)26(32(25,5)21-23(35-8)28(29)38)19-24(37)27-22-20-31(4,36-17-9-10-18-36)15-13-30(22,3)14-16-34(27,33)7/h19,21-22,25,27H,9-18,20H2,1-7H3/t22-,25-,27-,30+,31-,32-,33+,34+/m0/s1. The molecule has 0 aromatic carbocycles. The number of ketones is 2. The molecule has 3 saturated carbocycles. The van der Waals surface area contributed by atoms with E-state index in [1.165, 1.54) is 50.8 Å². The van der Waals surface area contributed by atoms with Crippen LogP contribution in [-0.2, 0) is 9.59 Å². The highest BCUT2D eigenvalue weighted by atomic mass is 16.1. The minimum atomic E-state index is -0.599. The summed E-state index contributed by atoms with van der Waals surface area (Å²) >= 11 is 0. The third-order valence-corrected chi connectivity index (χ3v) is 13.9. The fourth-order valence-corrected chi connectivity index (χ4v) is 11.2. The maximum Gasteiger partial charge on any atom is 0.226 e. The summed E-state index contributed by atoms with van der Waals surface area (Å²) in [6, 6.07) is 0. The molecule has 0 aromatic rings. The summed E-state index contributed by atoms with van der Waals surface area (Å²) in [7, 11) is 0. The van der Waals surface area contributed by atoms with E-state index in [4.69, 9.17) is 6.57 Å². The monoisotopic (exact) mass is 516 g/mol. The van der Waals surface area contributed by atoms with Crippen LogP contribution < -0.4 is 0 Å². The molecular weight excluding hydrogens is 468 g/mol. The first-order valence-electron chi connectivity index (χ1n) is 15.3.